The molecule has 0 radical (unpaired) electrons. The molecule has 2 nitrogen and oxygen atoms in total. The van der Waals surface area contributed by atoms with Gasteiger partial charge in [-0.25, -0.2) is 0 Å². The van der Waals surface area contributed by atoms with E-state index in [1.54, 1.807) is 11.3 Å². The summed E-state index contributed by atoms with van der Waals surface area (Å²) in [5.41, 5.74) is 2.52. The Morgan fingerprint density at radius 1 is 1.18 bits per heavy atom. The number of nitrogens with zero attached hydrogens (tertiary/aromatic N) is 1. The van der Waals surface area contributed by atoms with E-state index in [9.17, 15) is 0 Å². The fourth-order valence-corrected chi connectivity index (χ4v) is 2.81. The lowest BCUT2D eigenvalue weighted by molar-refractivity contribution is 0.285. The summed E-state index contributed by atoms with van der Waals surface area (Å²) in [5.74, 6) is 0. The van der Waals surface area contributed by atoms with Gasteiger partial charge in [-0.1, -0.05) is 30.3 Å². The predicted molar refractivity (Wildman–Crippen MR) is 72.2 cm³/mol. The summed E-state index contributed by atoms with van der Waals surface area (Å²) in [7, 11) is 4.15. The minimum atomic E-state index is 0.125. The molecule has 90 valence electrons. The smallest absolute Gasteiger partial charge is 0.0774 e. The molecule has 0 amide bonds. The molecule has 2 rings (SSSR count). The molecule has 1 atom stereocenters. The molecule has 0 bridgehead atoms. The molecule has 0 aliphatic heterocycles. The van der Waals surface area contributed by atoms with E-state index in [2.05, 4.69) is 54.7 Å². The minimum Gasteiger partial charge on any atom is -0.391 e. The van der Waals surface area contributed by atoms with Crippen LogP contribution in [-0.4, -0.2) is 24.1 Å². The third-order valence-corrected chi connectivity index (χ3v) is 3.72. The quantitative estimate of drug-likeness (QED) is 0.898. The predicted octanol–water partition coefficient (Wildman–Crippen LogP) is 2.89. The van der Waals surface area contributed by atoms with Crippen LogP contribution in [0.15, 0.2) is 41.8 Å². The van der Waals surface area contributed by atoms with Crippen molar-refractivity contribution in [1.29, 1.82) is 0 Å². The Labute approximate surface area is 106 Å². The zero-order valence-electron chi connectivity index (χ0n) is 10.1. The van der Waals surface area contributed by atoms with Crippen LogP contribution in [0.5, 0.6) is 0 Å². The van der Waals surface area contributed by atoms with Crippen molar-refractivity contribution in [3.05, 3.63) is 57.8 Å². The van der Waals surface area contributed by atoms with E-state index in [1.807, 2.05) is 6.07 Å². The van der Waals surface area contributed by atoms with Gasteiger partial charge in [-0.15, -0.1) is 11.3 Å². The fourth-order valence-electron chi connectivity index (χ4n) is 2.05. The molecule has 0 aliphatic rings. The largest absolute Gasteiger partial charge is 0.391 e. The Hall–Kier alpha value is -1.16. The molecular formula is C14H17NOS. The van der Waals surface area contributed by atoms with Crippen LogP contribution in [-0.2, 0) is 6.61 Å². The molecule has 1 aromatic carbocycles. The second kappa shape index (κ2) is 5.45. The first kappa shape index (κ1) is 12.3. The monoisotopic (exact) mass is 247 g/mol. The summed E-state index contributed by atoms with van der Waals surface area (Å²) in [5, 5.41) is 11.3. The molecule has 0 fully saturated rings. The number of aliphatic hydroxyl groups excluding tert-OH is 1. The molecule has 0 spiro atoms. The Balaban J connectivity index is 2.36. The summed E-state index contributed by atoms with van der Waals surface area (Å²) in [6, 6.07) is 12.8. The average molecular weight is 247 g/mol. The van der Waals surface area contributed by atoms with Crippen LogP contribution in [0.3, 0.4) is 0 Å². The maximum Gasteiger partial charge on any atom is 0.0774 e. The lowest BCUT2D eigenvalue weighted by Gasteiger charge is -2.24. The van der Waals surface area contributed by atoms with Gasteiger partial charge in [-0.3, -0.25) is 4.90 Å². The van der Waals surface area contributed by atoms with Crippen molar-refractivity contribution in [2.75, 3.05) is 14.1 Å². The van der Waals surface area contributed by atoms with Gasteiger partial charge in [0, 0.05) is 4.88 Å². The molecule has 0 unspecified atom stereocenters. The Morgan fingerprint density at radius 2 is 1.88 bits per heavy atom. The zero-order chi connectivity index (χ0) is 12.3. The highest BCUT2D eigenvalue weighted by atomic mass is 32.1. The van der Waals surface area contributed by atoms with Gasteiger partial charge in [0.1, 0.15) is 0 Å². The number of thiophene rings is 1. The topological polar surface area (TPSA) is 23.5 Å². The van der Waals surface area contributed by atoms with E-state index in [1.165, 1.54) is 11.1 Å². The molecule has 2 aromatic rings. The minimum absolute atomic E-state index is 0.125. The van der Waals surface area contributed by atoms with Crippen LogP contribution >= 0.6 is 11.3 Å². The Kier molecular flexibility index (Phi) is 3.94. The van der Waals surface area contributed by atoms with Crippen LogP contribution in [0, 0.1) is 0 Å². The van der Waals surface area contributed by atoms with Crippen molar-refractivity contribution in [3.8, 4) is 0 Å². The van der Waals surface area contributed by atoms with E-state index in [-0.39, 0.29) is 12.6 Å². The van der Waals surface area contributed by atoms with Crippen molar-refractivity contribution in [2.45, 2.75) is 12.6 Å². The first-order chi connectivity index (χ1) is 8.22. The standard InChI is InChI=1S/C14H17NOS/c1-15(2)14(11-6-4-3-5-7-11)12-8-13(9-16)17-10-12/h3-8,10,14,16H,9H2,1-2H3/t14-/m0/s1. The highest BCUT2D eigenvalue weighted by molar-refractivity contribution is 7.10. The lowest BCUT2D eigenvalue weighted by Crippen LogP contribution is -2.20. The van der Waals surface area contributed by atoms with Crippen LogP contribution in [0.4, 0.5) is 0 Å². The second-order valence-electron chi connectivity index (χ2n) is 4.28. The Bertz CT molecular complexity index is 464. The van der Waals surface area contributed by atoms with Gasteiger partial charge in [0.15, 0.2) is 0 Å². The van der Waals surface area contributed by atoms with Crippen LogP contribution < -0.4 is 0 Å². The molecule has 1 aromatic heterocycles. The van der Waals surface area contributed by atoms with Crippen molar-refractivity contribution >= 4 is 11.3 Å². The molecule has 0 saturated carbocycles. The summed E-state index contributed by atoms with van der Waals surface area (Å²) in [6.07, 6.45) is 0. The zero-order valence-corrected chi connectivity index (χ0v) is 10.9. The third kappa shape index (κ3) is 2.75. The van der Waals surface area contributed by atoms with Crippen molar-refractivity contribution in [3.63, 3.8) is 0 Å². The lowest BCUT2D eigenvalue weighted by atomic mass is 10.0. The summed E-state index contributed by atoms with van der Waals surface area (Å²) >= 11 is 1.61. The first-order valence-electron chi connectivity index (χ1n) is 5.62. The molecule has 3 heteroatoms. The fraction of sp³-hybridized carbons (Fsp3) is 0.286. The molecular weight excluding hydrogens is 230 g/mol. The maximum absolute atomic E-state index is 9.14. The Morgan fingerprint density at radius 3 is 2.41 bits per heavy atom. The van der Waals surface area contributed by atoms with Gasteiger partial charge in [-0.05, 0) is 36.7 Å². The van der Waals surface area contributed by atoms with Gasteiger partial charge in [0.2, 0.25) is 0 Å². The normalized spacial score (nSPS) is 12.9. The summed E-state index contributed by atoms with van der Waals surface area (Å²) < 4.78 is 0. The molecule has 0 saturated heterocycles. The van der Waals surface area contributed by atoms with E-state index >= 15 is 0 Å². The van der Waals surface area contributed by atoms with Gasteiger partial charge < -0.3 is 5.11 Å². The van der Waals surface area contributed by atoms with Crippen molar-refractivity contribution in [1.82, 2.24) is 4.90 Å². The van der Waals surface area contributed by atoms with Gasteiger partial charge in [-0.2, -0.15) is 0 Å². The van der Waals surface area contributed by atoms with Crippen LogP contribution in [0.25, 0.3) is 0 Å². The van der Waals surface area contributed by atoms with Crippen LogP contribution in [0.1, 0.15) is 22.0 Å². The van der Waals surface area contributed by atoms with E-state index in [0.29, 0.717) is 0 Å². The highest BCUT2D eigenvalue weighted by Gasteiger charge is 2.17. The summed E-state index contributed by atoms with van der Waals surface area (Å²) in [6.45, 7) is 0.125. The highest BCUT2D eigenvalue weighted by Crippen LogP contribution is 2.29. The van der Waals surface area contributed by atoms with Crippen molar-refractivity contribution in [2.24, 2.45) is 0 Å². The van der Waals surface area contributed by atoms with Gasteiger partial charge in [0.25, 0.3) is 0 Å². The van der Waals surface area contributed by atoms with Crippen LogP contribution in [0.2, 0.25) is 0 Å². The molecule has 1 heterocycles. The maximum atomic E-state index is 9.14. The molecule has 17 heavy (non-hydrogen) atoms. The van der Waals surface area contributed by atoms with Gasteiger partial charge >= 0.3 is 0 Å². The third-order valence-electron chi connectivity index (χ3n) is 2.78. The number of rotatable bonds is 4. The first-order valence-corrected chi connectivity index (χ1v) is 6.50. The second-order valence-corrected chi connectivity index (χ2v) is 5.28. The van der Waals surface area contributed by atoms with Gasteiger partial charge in [0.05, 0.1) is 12.6 Å². The van der Waals surface area contributed by atoms with E-state index in [0.717, 1.165) is 4.88 Å². The molecule has 1 N–H and O–H groups in total. The summed E-state index contributed by atoms with van der Waals surface area (Å²) in [4.78, 5) is 3.21. The molecule has 0 aliphatic carbocycles. The van der Waals surface area contributed by atoms with Crippen molar-refractivity contribution < 1.29 is 5.11 Å². The number of hydrogen-bond donors (Lipinski definition) is 1. The number of benzene rings is 1. The number of hydrogen-bond acceptors (Lipinski definition) is 3. The number of aliphatic hydroxyl groups is 1. The van der Waals surface area contributed by atoms with E-state index < -0.39 is 0 Å². The van der Waals surface area contributed by atoms with E-state index in [4.69, 9.17) is 5.11 Å². The SMILES string of the molecule is CN(C)[C@@H](c1ccccc1)c1csc(CO)c1. The average Bonchev–Trinajstić information content (AvgIpc) is 2.79.